The van der Waals surface area contributed by atoms with Crippen LogP contribution >= 0.6 is 0 Å². The van der Waals surface area contributed by atoms with Crippen molar-refractivity contribution in [2.75, 3.05) is 23.8 Å². The van der Waals surface area contributed by atoms with E-state index < -0.39 is 0 Å². The Hall–Kier alpha value is -3.74. The molecule has 0 aliphatic heterocycles. The molecular formula is C24H27N3O4. The predicted octanol–water partition coefficient (Wildman–Crippen LogP) is 4.44. The highest BCUT2D eigenvalue weighted by Crippen LogP contribution is 2.16. The van der Waals surface area contributed by atoms with Gasteiger partial charge in [0.15, 0.2) is 0 Å². The van der Waals surface area contributed by atoms with E-state index in [0.717, 1.165) is 18.6 Å². The van der Waals surface area contributed by atoms with Crippen molar-refractivity contribution in [2.45, 2.75) is 26.3 Å². The van der Waals surface area contributed by atoms with Crippen LogP contribution in [0.4, 0.5) is 11.4 Å². The predicted molar refractivity (Wildman–Crippen MR) is 120 cm³/mol. The molecule has 1 aromatic heterocycles. The van der Waals surface area contributed by atoms with Gasteiger partial charge in [-0.2, -0.15) is 0 Å². The van der Waals surface area contributed by atoms with Crippen LogP contribution < -0.4 is 20.7 Å². The molecule has 0 spiro atoms. The summed E-state index contributed by atoms with van der Waals surface area (Å²) in [5.74, 6) is 1.06. The summed E-state index contributed by atoms with van der Waals surface area (Å²) in [6.45, 7) is 3.19. The molecule has 1 heterocycles. The largest absolute Gasteiger partial charge is 0.494 e. The lowest BCUT2D eigenvalue weighted by atomic mass is 10.2. The molecule has 162 valence electrons. The quantitative estimate of drug-likeness (QED) is 0.398. The molecule has 31 heavy (non-hydrogen) atoms. The van der Waals surface area contributed by atoms with E-state index in [4.69, 9.17) is 9.15 Å². The van der Waals surface area contributed by atoms with Crippen molar-refractivity contribution < 1.29 is 18.7 Å². The summed E-state index contributed by atoms with van der Waals surface area (Å²) in [5, 5.41) is 8.67. The van der Waals surface area contributed by atoms with E-state index in [1.807, 2.05) is 24.3 Å². The number of benzene rings is 2. The SMILES string of the molecule is CCCCOc1ccc(NC(=O)CNc2cccc(C(=O)NCc3ccco3)c2)cc1. The number of nitrogens with one attached hydrogen (secondary N) is 3. The number of furan rings is 1. The molecule has 7 nitrogen and oxygen atoms in total. The first-order valence-electron chi connectivity index (χ1n) is 10.3. The molecule has 0 saturated carbocycles. The molecule has 3 rings (SSSR count). The van der Waals surface area contributed by atoms with Crippen LogP contribution in [0.25, 0.3) is 0 Å². The van der Waals surface area contributed by atoms with Gasteiger partial charge in [0.1, 0.15) is 11.5 Å². The van der Waals surface area contributed by atoms with E-state index in [0.29, 0.717) is 35.9 Å². The second kappa shape index (κ2) is 11.4. The fraction of sp³-hybridized carbons (Fsp3) is 0.250. The number of hydrogen-bond donors (Lipinski definition) is 3. The summed E-state index contributed by atoms with van der Waals surface area (Å²) in [6, 6.07) is 17.8. The Kier molecular flexibility index (Phi) is 8.11. The van der Waals surface area contributed by atoms with Gasteiger partial charge in [0.2, 0.25) is 5.91 Å². The number of amides is 2. The van der Waals surface area contributed by atoms with Crippen molar-refractivity contribution in [1.82, 2.24) is 5.32 Å². The van der Waals surface area contributed by atoms with Crippen molar-refractivity contribution in [1.29, 1.82) is 0 Å². The van der Waals surface area contributed by atoms with Gasteiger partial charge in [-0.3, -0.25) is 9.59 Å². The Morgan fingerprint density at radius 1 is 1.00 bits per heavy atom. The van der Waals surface area contributed by atoms with Crippen molar-refractivity contribution >= 4 is 23.2 Å². The van der Waals surface area contributed by atoms with Gasteiger partial charge in [-0.05, 0) is 61.0 Å². The molecule has 7 heteroatoms. The van der Waals surface area contributed by atoms with Crippen LogP contribution in [0.2, 0.25) is 0 Å². The molecule has 0 unspecified atom stereocenters. The van der Waals surface area contributed by atoms with Crippen LogP contribution in [0.5, 0.6) is 5.75 Å². The second-order valence-corrected chi connectivity index (χ2v) is 6.97. The molecule has 0 saturated heterocycles. The first-order valence-corrected chi connectivity index (χ1v) is 10.3. The van der Waals surface area contributed by atoms with Crippen molar-refractivity contribution in [3.05, 3.63) is 78.3 Å². The Balaban J connectivity index is 1.45. The summed E-state index contributed by atoms with van der Waals surface area (Å²) >= 11 is 0. The fourth-order valence-corrected chi connectivity index (χ4v) is 2.81. The molecular weight excluding hydrogens is 394 g/mol. The molecule has 0 aliphatic carbocycles. The number of hydrogen-bond acceptors (Lipinski definition) is 5. The standard InChI is InChI=1S/C24H27N3O4/c1-2-3-13-30-21-11-9-19(10-12-21)27-23(28)17-25-20-7-4-6-18(15-20)24(29)26-16-22-8-5-14-31-22/h4-12,14-15,25H,2-3,13,16-17H2,1H3,(H,26,29)(H,27,28). The number of carbonyl (C=O) groups is 2. The highest BCUT2D eigenvalue weighted by Gasteiger charge is 2.08. The molecule has 0 fully saturated rings. The van der Waals surface area contributed by atoms with Gasteiger partial charge < -0.3 is 25.1 Å². The van der Waals surface area contributed by atoms with Gasteiger partial charge in [0.05, 0.1) is 26.0 Å². The Bertz CT molecular complexity index is 969. The first-order chi connectivity index (χ1) is 15.1. The topological polar surface area (TPSA) is 92.6 Å². The fourth-order valence-electron chi connectivity index (χ4n) is 2.81. The lowest BCUT2D eigenvalue weighted by molar-refractivity contribution is -0.114. The number of ether oxygens (including phenoxy) is 1. The third-order valence-electron chi connectivity index (χ3n) is 4.49. The van der Waals surface area contributed by atoms with Gasteiger partial charge in [-0.15, -0.1) is 0 Å². The molecule has 3 aromatic rings. The normalized spacial score (nSPS) is 10.4. The minimum atomic E-state index is -0.217. The molecule has 0 radical (unpaired) electrons. The zero-order valence-corrected chi connectivity index (χ0v) is 17.5. The Morgan fingerprint density at radius 3 is 2.58 bits per heavy atom. The van der Waals surface area contributed by atoms with Crippen LogP contribution in [0.3, 0.4) is 0 Å². The third kappa shape index (κ3) is 7.22. The van der Waals surface area contributed by atoms with Gasteiger partial charge in [-0.1, -0.05) is 19.4 Å². The molecule has 0 atom stereocenters. The van der Waals surface area contributed by atoms with Gasteiger partial charge in [-0.25, -0.2) is 0 Å². The number of carbonyl (C=O) groups excluding carboxylic acids is 2. The highest BCUT2D eigenvalue weighted by atomic mass is 16.5. The minimum absolute atomic E-state index is 0.0756. The number of anilines is 2. The summed E-state index contributed by atoms with van der Waals surface area (Å²) in [4.78, 5) is 24.6. The van der Waals surface area contributed by atoms with Crippen molar-refractivity contribution in [3.8, 4) is 5.75 Å². The number of unbranched alkanes of at least 4 members (excludes halogenated alkanes) is 1. The van der Waals surface area contributed by atoms with Crippen LogP contribution in [0, 0.1) is 0 Å². The van der Waals surface area contributed by atoms with E-state index in [9.17, 15) is 9.59 Å². The summed E-state index contributed by atoms with van der Waals surface area (Å²) in [5.41, 5.74) is 1.87. The van der Waals surface area contributed by atoms with Crippen LogP contribution in [-0.2, 0) is 11.3 Å². The monoisotopic (exact) mass is 421 g/mol. The summed E-state index contributed by atoms with van der Waals surface area (Å²) in [6.07, 6.45) is 3.66. The lowest BCUT2D eigenvalue weighted by Crippen LogP contribution is -2.23. The van der Waals surface area contributed by atoms with E-state index in [1.54, 1.807) is 42.7 Å². The smallest absolute Gasteiger partial charge is 0.251 e. The van der Waals surface area contributed by atoms with E-state index in [-0.39, 0.29) is 18.4 Å². The zero-order chi connectivity index (χ0) is 21.9. The van der Waals surface area contributed by atoms with E-state index >= 15 is 0 Å². The molecule has 0 bridgehead atoms. The van der Waals surface area contributed by atoms with Crippen molar-refractivity contribution in [3.63, 3.8) is 0 Å². The van der Waals surface area contributed by atoms with Gasteiger partial charge in [0, 0.05) is 16.9 Å². The molecule has 2 aromatic carbocycles. The minimum Gasteiger partial charge on any atom is -0.494 e. The number of rotatable bonds is 11. The lowest BCUT2D eigenvalue weighted by Gasteiger charge is -2.10. The third-order valence-corrected chi connectivity index (χ3v) is 4.49. The van der Waals surface area contributed by atoms with Gasteiger partial charge >= 0.3 is 0 Å². The molecule has 3 N–H and O–H groups in total. The maximum absolute atomic E-state index is 12.3. The average Bonchev–Trinajstić information content (AvgIpc) is 3.31. The van der Waals surface area contributed by atoms with Crippen LogP contribution in [-0.4, -0.2) is 25.0 Å². The van der Waals surface area contributed by atoms with Gasteiger partial charge in [0.25, 0.3) is 5.91 Å². The van der Waals surface area contributed by atoms with E-state index in [1.165, 1.54) is 0 Å². The Morgan fingerprint density at radius 2 is 1.84 bits per heavy atom. The molecule has 2 amide bonds. The Labute approximate surface area is 181 Å². The van der Waals surface area contributed by atoms with Crippen molar-refractivity contribution in [2.24, 2.45) is 0 Å². The van der Waals surface area contributed by atoms with Crippen LogP contribution in [0.15, 0.2) is 71.3 Å². The van der Waals surface area contributed by atoms with E-state index in [2.05, 4.69) is 22.9 Å². The second-order valence-electron chi connectivity index (χ2n) is 6.97. The maximum Gasteiger partial charge on any atom is 0.251 e. The highest BCUT2D eigenvalue weighted by molar-refractivity contribution is 5.96. The zero-order valence-electron chi connectivity index (χ0n) is 17.5. The summed E-state index contributed by atoms with van der Waals surface area (Å²) in [7, 11) is 0. The summed E-state index contributed by atoms with van der Waals surface area (Å²) < 4.78 is 10.8. The average molecular weight is 421 g/mol. The molecule has 0 aliphatic rings. The van der Waals surface area contributed by atoms with Crippen LogP contribution in [0.1, 0.15) is 35.9 Å². The first kappa shape index (κ1) is 22.0. The maximum atomic E-state index is 12.3.